The molecule has 0 saturated carbocycles. The van der Waals surface area contributed by atoms with E-state index in [9.17, 15) is 4.79 Å². The Morgan fingerprint density at radius 3 is 2.67 bits per heavy atom. The van der Waals surface area contributed by atoms with Crippen LogP contribution in [-0.2, 0) is 0 Å². The van der Waals surface area contributed by atoms with E-state index >= 15 is 0 Å². The largest absolute Gasteiger partial charge is 0.426 e. The third-order valence-corrected chi connectivity index (χ3v) is 3.69. The molecule has 0 bridgehead atoms. The van der Waals surface area contributed by atoms with Crippen molar-refractivity contribution in [2.75, 3.05) is 39.3 Å². The van der Waals surface area contributed by atoms with Gasteiger partial charge in [-0.05, 0) is 18.2 Å². The standard InChI is InChI=1S/C17H21N3O3.ClH/c21-17(19-10-13-20-11-8-18-9-12-20)15-6-7-16(23-15)22-14-4-2-1-3-5-14;/h1-7,18H,8-13H2,(H,19,21);1H. The maximum absolute atomic E-state index is 12.1. The van der Waals surface area contributed by atoms with E-state index in [1.807, 2.05) is 30.3 Å². The first-order chi connectivity index (χ1) is 11.3. The van der Waals surface area contributed by atoms with Gasteiger partial charge in [-0.25, -0.2) is 0 Å². The molecule has 6 nitrogen and oxygen atoms in total. The predicted octanol–water partition coefficient (Wildman–Crippen LogP) is 2.13. The summed E-state index contributed by atoms with van der Waals surface area (Å²) in [5.41, 5.74) is 0. The third kappa shape index (κ3) is 5.26. The normalized spacial score (nSPS) is 14.7. The molecule has 2 N–H and O–H groups in total. The van der Waals surface area contributed by atoms with Gasteiger partial charge in [0.05, 0.1) is 0 Å². The summed E-state index contributed by atoms with van der Waals surface area (Å²) in [6.45, 7) is 5.51. The summed E-state index contributed by atoms with van der Waals surface area (Å²) >= 11 is 0. The average molecular weight is 352 g/mol. The second-order valence-electron chi connectivity index (χ2n) is 5.38. The smallest absolute Gasteiger partial charge is 0.290 e. The number of amides is 1. The molecular formula is C17H22ClN3O3. The van der Waals surface area contributed by atoms with Crippen LogP contribution in [0.2, 0.25) is 0 Å². The number of piperazine rings is 1. The Hall–Kier alpha value is -2.02. The molecule has 0 radical (unpaired) electrons. The van der Waals surface area contributed by atoms with Gasteiger partial charge in [-0.1, -0.05) is 18.2 Å². The van der Waals surface area contributed by atoms with Crippen LogP contribution in [0.3, 0.4) is 0 Å². The first kappa shape index (κ1) is 18.3. The number of hydrogen-bond donors (Lipinski definition) is 2. The minimum atomic E-state index is -0.219. The van der Waals surface area contributed by atoms with E-state index < -0.39 is 0 Å². The molecule has 130 valence electrons. The minimum Gasteiger partial charge on any atom is -0.426 e. The lowest BCUT2D eigenvalue weighted by Gasteiger charge is -2.26. The van der Waals surface area contributed by atoms with E-state index in [0.29, 0.717) is 18.2 Å². The number of hydrogen-bond acceptors (Lipinski definition) is 5. The van der Waals surface area contributed by atoms with Gasteiger partial charge >= 0.3 is 0 Å². The Kier molecular flexibility index (Phi) is 7.11. The summed E-state index contributed by atoms with van der Waals surface area (Å²) in [5.74, 6) is 1.02. The fraction of sp³-hybridized carbons (Fsp3) is 0.353. The van der Waals surface area contributed by atoms with Crippen molar-refractivity contribution in [2.24, 2.45) is 0 Å². The second kappa shape index (κ2) is 9.32. The van der Waals surface area contributed by atoms with Crippen LogP contribution in [0, 0.1) is 0 Å². The summed E-state index contributed by atoms with van der Waals surface area (Å²) in [5, 5.41) is 6.18. The Balaban J connectivity index is 0.00000208. The van der Waals surface area contributed by atoms with Gasteiger partial charge in [0.1, 0.15) is 5.75 Å². The highest BCUT2D eigenvalue weighted by Crippen LogP contribution is 2.23. The lowest BCUT2D eigenvalue weighted by Crippen LogP contribution is -2.46. The van der Waals surface area contributed by atoms with Gasteiger partial charge in [0.15, 0.2) is 5.76 Å². The molecule has 1 aromatic heterocycles. The van der Waals surface area contributed by atoms with E-state index in [4.69, 9.17) is 9.15 Å². The molecule has 3 rings (SSSR count). The quantitative estimate of drug-likeness (QED) is 0.834. The van der Waals surface area contributed by atoms with E-state index in [1.165, 1.54) is 0 Å². The molecule has 2 heterocycles. The minimum absolute atomic E-state index is 0. The van der Waals surface area contributed by atoms with Crippen molar-refractivity contribution in [3.05, 3.63) is 48.2 Å². The van der Waals surface area contributed by atoms with E-state index in [2.05, 4.69) is 15.5 Å². The molecule has 1 amide bonds. The van der Waals surface area contributed by atoms with Crippen molar-refractivity contribution >= 4 is 18.3 Å². The second-order valence-corrected chi connectivity index (χ2v) is 5.38. The molecule has 1 aliphatic heterocycles. The molecule has 2 aromatic rings. The highest BCUT2D eigenvalue weighted by Gasteiger charge is 2.13. The van der Waals surface area contributed by atoms with Crippen molar-refractivity contribution in [1.82, 2.24) is 15.5 Å². The number of para-hydroxylation sites is 1. The molecule has 1 aromatic carbocycles. The maximum atomic E-state index is 12.1. The number of halogens is 1. The Bertz CT molecular complexity index is 627. The first-order valence-corrected chi connectivity index (χ1v) is 7.85. The molecular weight excluding hydrogens is 330 g/mol. The van der Waals surface area contributed by atoms with Gasteiger partial charge in [0.2, 0.25) is 0 Å². The van der Waals surface area contributed by atoms with E-state index in [0.717, 1.165) is 32.7 Å². The van der Waals surface area contributed by atoms with Crippen LogP contribution in [0.15, 0.2) is 46.9 Å². The van der Waals surface area contributed by atoms with Gasteiger partial charge < -0.3 is 19.8 Å². The van der Waals surface area contributed by atoms with Crippen LogP contribution in [0.1, 0.15) is 10.6 Å². The number of furan rings is 1. The number of rotatable bonds is 6. The van der Waals surface area contributed by atoms with Crippen molar-refractivity contribution < 1.29 is 13.9 Å². The molecule has 7 heteroatoms. The lowest BCUT2D eigenvalue weighted by atomic mass is 10.3. The zero-order valence-corrected chi connectivity index (χ0v) is 14.2. The predicted molar refractivity (Wildman–Crippen MR) is 94.1 cm³/mol. The molecule has 1 fully saturated rings. The van der Waals surface area contributed by atoms with Gasteiger partial charge in [-0.2, -0.15) is 0 Å². The Morgan fingerprint density at radius 1 is 1.17 bits per heavy atom. The topological polar surface area (TPSA) is 66.7 Å². The van der Waals surface area contributed by atoms with Crippen LogP contribution in [0.4, 0.5) is 0 Å². The van der Waals surface area contributed by atoms with Crippen LogP contribution in [0.25, 0.3) is 0 Å². The maximum Gasteiger partial charge on any atom is 0.290 e. The van der Waals surface area contributed by atoms with E-state index in [1.54, 1.807) is 12.1 Å². The van der Waals surface area contributed by atoms with Crippen LogP contribution < -0.4 is 15.4 Å². The van der Waals surface area contributed by atoms with Gasteiger partial charge in [-0.15, -0.1) is 12.4 Å². The summed E-state index contributed by atoms with van der Waals surface area (Å²) in [6, 6.07) is 12.6. The SMILES string of the molecule is Cl.O=C(NCCN1CCNCC1)c1ccc(Oc2ccccc2)o1. The molecule has 0 spiro atoms. The molecule has 0 atom stereocenters. The van der Waals surface area contributed by atoms with Crippen LogP contribution >= 0.6 is 12.4 Å². The Morgan fingerprint density at radius 2 is 1.92 bits per heavy atom. The number of benzene rings is 1. The van der Waals surface area contributed by atoms with Crippen LogP contribution in [-0.4, -0.2) is 50.1 Å². The van der Waals surface area contributed by atoms with Crippen molar-refractivity contribution in [3.63, 3.8) is 0 Å². The number of ether oxygens (including phenoxy) is 1. The fourth-order valence-corrected chi connectivity index (χ4v) is 2.45. The number of carbonyl (C=O) groups is 1. The first-order valence-electron chi connectivity index (χ1n) is 7.85. The van der Waals surface area contributed by atoms with Gasteiger partial charge in [0.25, 0.3) is 11.9 Å². The summed E-state index contributed by atoms with van der Waals surface area (Å²) in [6.07, 6.45) is 0. The molecule has 0 aliphatic carbocycles. The lowest BCUT2D eigenvalue weighted by molar-refractivity contribution is 0.0914. The number of nitrogens with zero attached hydrogens (tertiary/aromatic N) is 1. The van der Waals surface area contributed by atoms with Crippen molar-refractivity contribution in [3.8, 4) is 11.7 Å². The molecule has 24 heavy (non-hydrogen) atoms. The molecule has 0 unspecified atom stereocenters. The highest BCUT2D eigenvalue weighted by atomic mass is 35.5. The third-order valence-electron chi connectivity index (χ3n) is 3.69. The van der Waals surface area contributed by atoms with Crippen molar-refractivity contribution in [1.29, 1.82) is 0 Å². The average Bonchev–Trinajstić information content (AvgIpc) is 3.05. The van der Waals surface area contributed by atoms with Gasteiger partial charge in [0, 0.05) is 45.3 Å². The Labute approximate surface area is 147 Å². The van der Waals surface area contributed by atoms with E-state index in [-0.39, 0.29) is 24.1 Å². The van der Waals surface area contributed by atoms with Crippen molar-refractivity contribution in [2.45, 2.75) is 0 Å². The molecule has 1 aliphatic rings. The van der Waals surface area contributed by atoms with Gasteiger partial charge in [-0.3, -0.25) is 9.69 Å². The monoisotopic (exact) mass is 351 g/mol. The molecule has 1 saturated heterocycles. The number of nitrogens with one attached hydrogen (secondary N) is 2. The summed E-state index contributed by atoms with van der Waals surface area (Å²) in [4.78, 5) is 14.4. The summed E-state index contributed by atoms with van der Waals surface area (Å²) in [7, 11) is 0. The van der Waals surface area contributed by atoms with Crippen LogP contribution in [0.5, 0.6) is 11.7 Å². The zero-order chi connectivity index (χ0) is 15.9. The zero-order valence-electron chi connectivity index (χ0n) is 13.4. The summed E-state index contributed by atoms with van der Waals surface area (Å²) < 4.78 is 11.0. The highest BCUT2D eigenvalue weighted by molar-refractivity contribution is 5.91. The number of carbonyl (C=O) groups excluding carboxylic acids is 1. The fourth-order valence-electron chi connectivity index (χ4n) is 2.45.